The van der Waals surface area contributed by atoms with Crippen LogP contribution in [0.4, 0.5) is 5.82 Å². The molecule has 1 aliphatic rings. The van der Waals surface area contributed by atoms with Gasteiger partial charge < -0.3 is 42.5 Å². The highest BCUT2D eigenvalue weighted by Gasteiger charge is 2.53. The Labute approximate surface area is 430 Å². The molecule has 0 aliphatic carbocycles. The first-order chi connectivity index (χ1) is 34.5. The molecule has 0 radical (unpaired) electrons. The lowest BCUT2D eigenvalue weighted by Crippen LogP contribution is -2.49. The molecule has 2 aromatic heterocycles. The van der Waals surface area contributed by atoms with Gasteiger partial charge in [0.2, 0.25) is 8.32 Å². The van der Waals surface area contributed by atoms with Crippen molar-refractivity contribution in [2.45, 2.75) is 148 Å². The first-order valence-electron chi connectivity index (χ1n) is 25.2. The number of aromatic nitrogens is 4. The van der Waals surface area contributed by atoms with Crippen LogP contribution in [0.2, 0.25) is 16.6 Å². The van der Waals surface area contributed by atoms with Crippen LogP contribution in [-0.2, 0) is 33.3 Å². The molecule has 1 saturated heterocycles. The number of rotatable bonds is 27. The van der Waals surface area contributed by atoms with Gasteiger partial charge in [-0.25, -0.2) is 19.6 Å². The highest BCUT2D eigenvalue weighted by atomic mass is 31.2. The van der Waals surface area contributed by atoms with E-state index in [0.717, 1.165) is 16.7 Å². The number of imidazole rings is 1. The van der Waals surface area contributed by atoms with Crippen LogP contribution in [0.3, 0.4) is 0 Å². The van der Waals surface area contributed by atoms with E-state index in [-0.39, 0.29) is 38.5 Å². The Morgan fingerprint density at radius 2 is 1.40 bits per heavy atom. The highest BCUT2D eigenvalue weighted by molar-refractivity contribution is 7.44. The first kappa shape index (κ1) is 56.5. The van der Waals surface area contributed by atoms with Crippen LogP contribution < -0.4 is 14.8 Å². The third kappa shape index (κ3) is 12.6. The van der Waals surface area contributed by atoms with Crippen molar-refractivity contribution in [1.29, 1.82) is 5.26 Å². The first-order valence-corrected chi connectivity index (χ1v) is 28.5. The van der Waals surface area contributed by atoms with E-state index in [1.54, 1.807) is 20.5 Å². The van der Waals surface area contributed by atoms with Gasteiger partial charge in [-0.1, -0.05) is 108 Å². The maximum Gasteiger partial charge on any atom is 0.259 e. The van der Waals surface area contributed by atoms with E-state index in [4.69, 9.17) is 47.1 Å². The highest BCUT2D eigenvalue weighted by Crippen LogP contribution is 2.52. The van der Waals surface area contributed by atoms with Crippen molar-refractivity contribution in [2.75, 3.05) is 46.1 Å². The molecule has 5 aromatic rings. The normalized spacial score (nSPS) is 17.9. The van der Waals surface area contributed by atoms with Gasteiger partial charge in [0.05, 0.1) is 46.3 Å². The zero-order valence-electron chi connectivity index (χ0n) is 44.9. The largest absolute Gasteiger partial charge is 0.497 e. The van der Waals surface area contributed by atoms with Crippen molar-refractivity contribution in [2.24, 2.45) is 0 Å². The fraction of sp³-hybridized carbons (Fsp3) is 0.527. The molecule has 5 atom stereocenters. The van der Waals surface area contributed by atoms with Crippen LogP contribution in [0.15, 0.2) is 103 Å². The fourth-order valence-electron chi connectivity index (χ4n) is 10.3. The molecule has 390 valence electrons. The maximum absolute atomic E-state index is 9.70. The molecule has 1 aliphatic heterocycles. The summed E-state index contributed by atoms with van der Waals surface area (Å²) in [5, 5.41) is 13.1. The summed E-state index contributed by atoms with van der Waals surface area (Å²) in [6.45, 7) is 26.9. The van der Waals surface area contributed by atoms with Crippen LogP contribution in [0.25, 0.3) is 11.2 Å². The summed E-state index contributed by atoms with van der Waals surface area (Å²) in [7, 11) is -0.932. The number of methoxy groups -OCH3 is 2. The lowest BCUT2D eigenvalue weighted by atomic mass is 9.80. The molecule has 3 heterocycles. The Morgan fingerprint density at radius 1 is 0.819 bits per heavy atom. The Balaban J connectivity index is 1.56. The molecule has 3 aromatic carbocycles. The Bertz CT molecular complexity index is 2440. The summed E-state index contributed by atoms with van der Waals surface area (Å²) in [6.07, 6.45) is 2.27. The van der Waals surface area contributed by atoms with Crippen molar-refractivity contribution in [3.05, 3.63) is 120 Å². The van der Waals surface area contributed by atoms with Crippen LogP contribution >= 0.6 is 8.53 Å². The van der Waals surface area contributed by atoms with Gasteiger partial charge in [-0.05, 0) is 99.1 Å². The maximum atomic E-state index is 9.70. The second-order valence-corrected chi connectivity index (χ2v) is 26.8. The average molecular weight is 1020 g/mol. The summed E-state index contributed by atoms with van der Waals surface area (Å²) >= 11 is 0. The minimum Gasteiger partial charge on any atom is -0.497 e. The smallest absolute Gasteiger partial charge is 0.259 e. The quantitative estimate of drug-likeness (QED) is 0.0132. The number of nitrogens with zero attached hydrogens (tertiary/aromatic N) is 6. The molecular formula is C55H78N7O8PSi. The van der Waals surface area contributed by atoms with E-state index < -0.39 is 47.0 Å². The predicted octanol–water partition coefficient (Wildman–Crippen LogP) is 12.3. The molecule has 0 bridgehead atoms. The number of nitrogens with one attached hydrogen (secondary N) is 1. The molecule has 15 nitrogen and oxygen atoms in total. The molecular weight excluding hydrogens is 946 g/mol. The van der Waals surface area contributed by atoms with Crippen molar-refractivity contribution in [1.82, 2.24) is 24.2 Å². The number of nitriles is 1. The summed E-state index contributed by atoms with van der Waals surface area (Å²) in [5.41, 5.74) is 4.68. The van der Waals surface area contributed by atoms with Gasteiger partial charge in [-0.2, -0.15) is 5.26 Å². The monoisotopic (exact) mass is 1020 g/mol. The molecule has 1 unspecified atom stereocenters. The number of anilines is 1. The fourth-order valence-corrected chi connectivity index (χ4v) is 17.3. The Hall–Kier alpha value is -4.79. The van der Waals surface area contributed by atoms with Crippen molar-refractivity contribution in [3.8, 4) is 17.6 Å². The SMILES string of the molecule is COc1ccc(C(OC[C@H]2O[C@@H](n3cnc4c(NCC=C(C)C)ncnc43)[C@H](OCO[Si](C(C)C)(C(C)C)C(C)C)[C@@H]2OP(OCCC#N)N(C(C)C)C(C)C)(c2ccccc2)c2ccc(OC)cc2)cc1. The minimum absolute atomic E-state index is 0.00715. The van der Waals surface area contributed by atoms with Gasteiger partial charge in [-0.15, -0.1) is 0 Å². The van der Waals surface area contributed by atoms with Crippen LogP contribution in [0.5, 0.6) is 11.5 Å². The second kappa shape index (κ2) is 25.9. The zero-order chi connectivity index (χ0) is 52.2. The van der Waals surface area contributed by atoms with Gasteiger partial charge in [0.1, 0.15) is 48.5 Å². The number of fused-ring (bicyclic) bond motifs is 1. The van der Waals surface area contributed by atoms with Gasteiger partial charge >= 0.3 is 0 Å². The number of hydrogen-bond donors (Lipinski definition) is 1. The molecule has 0 saturated carbocycles. The molecule has 1 N–H and O–H groups in total. The molecule has 17 heteroatoms. The Kier molecular flexibility index (Phi) is 20.3. The summed E-state index contributed by atoms with van der Waals surface area (Å²) < 4.78 is 58.8. The minimum atomic E-state index is -2.43. The van der Waals surface area contributed by atoms with Crippen molar-refractivity contribution < 1.29 is 37.2 Å². The molecule has 0 amide bonds. The summed E-state index contributed by atoms with van der Waals surface area (Å²) in [4.78, 5) is 14.3. The van der Waals surface area contributed by atoms with Crippen LogP contribution in [-0.4, -0.2) is 104 Å². The van der Waals surface area contributed by atoms with Gasteiger partial charge in [-0.3, -0.25) is 4.57 Å². The van der Waals surface area contributed by atoms with Gasteiger partial charge in [0.15, 0.2) is 23.2 Å². The molecule has 1 fully saturated rings. The second-order valence-electron chi connectivity index (χ2n) is 19.9. The third-order valence-corrected chi connectivity index (χ3v) is 21.6. The van der Waals surface area contributed by atoms with E-state index in [0.29, 0.717) is 51.6 Å². The summed E-state index contributed by atoms with van der Waals surface area (Å²) in [5.74, 6) is 2.02. The molecule has 0 spiro atoms. The molecule has 72 heavy (non-hydrogen) atoms. The van der Waals surface area contributed by atoms with Gasteiger partial charge in [0.25, 0.3) is 8.53 Å². The number of allylic oxidation sites excluding steroid dienone is 1. The summed E-state index contributed by atoms with van der Waals surface area (Å²) in [6, 6.07) is 28.4. The van der Waals surface area contributed by atoms with E-state index >= 15 is 0 Å². The average Bonchev–Trinajstić information content (AvgIpc) is 3.94. The lowest BCUT2D eigenvalue weighted by molar-refractivity contribution is -0.113. The van der Waals surface area contributed by atoms with Crippen molar-refractivity contribution >= 4 is 33.8 Å². The number of hydrogen-bond acceptors (Lipinski definition) is 14. The van der Waals surface area contributed by atoms with E-state index in [9.17, 15) is 5.26 Å². The Morgan fingerprint density at radius 3 is 1.93 bits per heavy atom. The number of benzene rings is 3. The topological polar surface area (TPSA) is 157 Å². The standard InChI is InChI=1S/C55H78N7O8PSi/c1-37(2)29-31-57-52-49-53(59-34-58-52)61(35-60-49)54-51(65-36-68-72(40(7)8,41(9)10)42(11)12)50(70-71(67-32-18-30-56)62(38(3)4)39(5)6)48(69-54)33-66-55(43-19-16-15-17-20-43,44-21-25-46(63-13)26-22-44)45-23-27-47(64-14)28-24-45/h15-17,19-29,34-35,38-42,48,50-51,54H,18,31-33,36H2,1-14H3,(H,57,58,59)/t48-,50-,51-,54-,71?/m1/s1. The third-order valence-electron chi connectivity index (χ3n) is 13.5. The predicted molar refractivity (Wildman–Crippen MR) is 287 cm³/mol. The van der Waals surface area contributed by atoms with E-state index in [1.165, 1.54) is 11.9 Å². The van der Waals surface area contributed by atoms with Crippen molar-refractivity contribution in [3.63, 3.8) is 0 Å². The number of ether oxygens (including phenoxy) is 5. The lowest BCUT2D eigenvalue weighted by Gasteiger charge is -2.42. The van der Waals surface area contributed by atoms with Crippen LogP contribution in [0, 0.1) is 11.3 Å². The van der Waals surface area contributed by atoms with E-state index in [1.807, 2.05) is 71.3 Å². The van der Waals surface area contributed by atoms with Gasteiger partial charge in [0, 0.05) is 18.6 Å². The van der Waals surface area contributed by atoms with E-state index in [2.05, 4.69) is 122 Å². The van der Waals surface area contributed by atoms with Crippen LogP contribution in [0.1, 0.15) is 112 Å². The zero-order valence-corrected chi connectivity index (χ0v) is 46.8. The molecule has 6 rings (SSSR count).